The lowest BCUT2D eigenvalue weighted by Gasteiger charge is -2.47. The van der Waals surface area contributed by atoms with Gasteiger partial charge in [-0.3, -0.25) is 9.59 Å². The van der Waals surface area contributed by atoms with Gasteiger partial charge in [-0.15, -0.1) is 0 Å². The predicted molar refractivity (Wildman–Crippen MR) is 199 cm³/mol. The molecule has 1 unspecified atom stereocenters. The zero-order valence-corrected chi connectivity index (χ0v) is 29.1. The molecule has 0 bridgehead atoms. The maximum absolute atomic E-state index is 14.9. The normalized spacial score (nSPS) is 18.6. The highest BCUT2D eigenvalue weighted by molar-refractivity contribution is 9.10. The maximum Gasteiger partial charge on any atom is 0.303 e. The third-order valence-corrected chi connectivity index (χ3v) is 11.9. The summed E-state index contributed by atoms with van der Waals surface area (Å²) in [6.07, 6.45) is -0.366. The third-order valence-electron chi connectivity index (χ3n) is 11.0. The Bertz CT molecular complexity index is 1660. The van der Waals surface area contributed by atoms with E-state index in [-0.39, 0.29) is 46.1 Å². The van der Waals surface area contributed by atoms with Crippen molar-refractivity contribution < 1.29 is 23.5 Å². The largest absolute Gasteiger partial charge is 0.481 e. The number of benzene rings is 2. The van der Waals surface area contributed by atoms with E-state index in [0.29, 0.717) is 27.8 Å². The van der Waals surface area contributed by atoms with E-state index in [0.717, 1.165) is 16.6 Å². The summed E-state index contributed by atoms with van der Waals surface area (Å²) in [7, 11) is 17.9. The molecule has 44 heavy (non-hydrogen) atoms. The van der Waals surface area contributed by atoms with Crippen molar-refractivity contribution in [3.05, 3.63) is 68.2 Å². The van der Waals surface area contributed by atoms with Crippen LogP contribution < -0.4 is 10.2 Å². The van der Waals surface area contributed by atoms with Gasteiger partial charge in [0.2, 0.25) is 0 Å². The first-order chi connectivity index (χ1) is 20.2. The van der Waals surface area contributed by atoms with Crippen LogP contribution in [0.2, 0.25) is 15.5 Å². The van der Waals surface area contributed by atoms with Gasteiger partial charge in [0.1, 0.15) is 48.8 Å². The Kier molecular flexibility index (Phi) is 9.31. The van der Waals surface area contributed by atoms with E-state index in [1.807, 2.05) is 25.1 Å². The lowest BCUT2D eigenvalue weighted by molar-refractivity contribution is -0.137. The van der Waals surface area contributed by atoms with Gasteiger partial charge in [-0.1, -0.05) is 38.0 Å². The molecule has 0 radical (unpaired) electrons. The second kappa shape index (κ2) is 11.8. The van der Waals surface area contributed by atoms with Crippen molar-refractivity contribution >= 4 is 119 Å². The Balaban J connectivity index is 1.85. The molecule has 1 saturated heterocycles. The quantitative estimate of drug-likeness (QED) is 0.214. The molecular weight excluding hydrogens is 642 g/mol. The predicted octanol–water partition coefficient (Wildman–Crippen LogP) is -1.96. The Hall–Kier alpha value is -2.26. The van der Waals surface area contributed by atoms with Crippen molar-refractivity contribution in [1.29, 1.82) is 0 Å². The molecule has 1 atom stereocenters. The van der Waals surface area contributed by atoms with Crippen molar-refractivity contribution in [2.24, 2.45) is 0 Å². The molecule has 2 aromatic carbocycles. The van der Waals surface area contributed by atoms with Gasteiger partial charge in [-0.25, -0.2) is 13.8 Å². The highest BCUT2D eigenvalue weighted by Gasteiger charge is 2.65. The highest BCUT2D eigenvalue weighted by atomic mass is 79.9. The number of carbonyl (C=O) groups is 2. The SMILES string of the molecule is BC1(B)N(c2nc3ccc(Br)cc3c(C(=O)NCC(CCC(=O)O)c3c(F)ccc(F)c3Cl)c2C)C(B)(B)C(B)(B)C1(B)B. The topological polar surface area (TPSA) is 82.5 Å². The third kappa shape index (κ3) is 5.44. The van der Waals surface area contributed by atoms with Gasteiger partial charge in [-0.05, 0) is 54.4 Å². The Labute approximate surface area is 278 Å². The van der Waals surface area contributed by atoms with E-state index in [9.17, 15) is 23.5 Å². The van der Waals surface area contributed by atoms with Crippen molar-refractivity contribution in [1.82, 2.24) is 10.3 Å². The molecular formula is C26H33B8BrClF2N3O3. The first-order valence-corrected chi connectivity index (χ1v) is 15.9. The number of amides is 1. The fraction of sp³-hybridized carbons (Fsp3) is 0.346. The minimum Gasteiger partial charge on any atom is -0.481 e. The lowest BCUT2D eigenvalue weighted by Crippen LogP contribution is -2.60. The number of nitrogens with one attached hydrogen (secondary N) is 1. The van der Waals surface area contributed by atoms with E-state index < -0.39 is 34.5 Å². The molecule has 4 rings (SSSR count). The molecule has 3 aromatic rings. The van der Waals surface area contributed by atoms with Crippen LogP contribution in [0.4, 0.5) is 14.6 Å². The van der Waals surface area contributed by atoms with Crippen LogP contribution in [0.5, 0.6) is 0 Å². The summed E-state index contributed by atoms with van der Waals surface area (Å²) in [6, 6.07) is 7.46. The van der Waals surface area contributed by atoms with Gasteiger partial charge in [-0.2, -0.15) is 0 Å². The highest BCUT2D eigenvalue weighted by Crippen LogP contribution is 2.64. The van der Waals surface area contributed by atoms with Gasteiger partial charge < -0.3 is 15.3 Å². The molecule has 222 valence electrons. The number of carboxylic acids is 1. The summed E-state index contributed by atoms with van der Waals surface area (Å²) in [5.74, 6) is -3.29. The number of hydrogen-bond acceptors (Lipinski definition) is 4. The summed E-state index contributed by atoms with van der Waals surface area (Å²) in [5, 5.41) is 11.4. The fourth-order valence-electron chi connectivity index (χ4n) is 7.01. The zero-order valence-electron chi connectivity index (χ0n) is 26.8. The number of aromatic nitrogens is 1. The molecule has 1 fully saturated rings. The molecule has 1 aliphatic rings. The minimum absolute atomic E-state index is 0.0527. The molecule has 18 heteroatoms. The number of rotatable bonds is 8. The van der Waals surface area contributed by atoms with Crippen LogP contribution in [-0.2, 0) is 4.79 Å². The molecule has 1 aliphatic heterocycles. The Morgan fingerprint density at radius 1 is 1.02 bits per heavy atom. The molecule has 0 saturated carbocycles. The van der Waals surface area contributed by atoms with E-state index in [1.54, 1.807) is 0 Å². The van der Waals surface area contributed by atoms with E-state index in [4.69, 9.17) is 16.6 Å². The monoisotopic (exact) mass is 675 g/mol. The van der Waals surface area contributed by atoms with Crippen LogP contribution in [-0.4, -0.2) is 102 Å². The molecule has 1 aromatic heterocycles. The van der Waals surface area contributed by atoms with Gasteiger partial charge in [0.15, 0.2) is 0 Å². The number of halogens is 4. The number of pyridine rings is 1. The minimum atomic E-state index is -1.10. The first kappa shape index (κ1) is 34.6. The number of hydrogen-bond donors (Lipinski definition) is 2. The molecule has 1 amide bonds. The average molecular weight is 675 g/mol. The van der Waals surface area contributed by atoms with E-state index in [1.165, 1.54) is 0 Å². The van der Waals surface area contributed by atoms with Crippen molar-refractivity contribution in [2.75, 3.05) is 11.4 Å². The fourth-order valence-corrected chi connectivity index (χ4v) is 7.68. The second-order valence-electron chi connectivity index (χ2n) is 13.9. The number of nitrogens with zero attached hydrogens (tertiary/aromatic N) is 2. The van der Waals surface area contributed by atoms with Crippen LogP contribution >= 0.6 is 27.5 Å². The Morgan fingerprint density at radius 3 is 2.16 bits per heavy atom. The van der Waals surface area contributed by atoms with Gasteiger partial charge in [0.25, 0.3) is 5.91 Å². The summed E-state index contributed by atoms with van der Waals surface area (Å²) in [5.41, 5.74) is 1.57. The number of fused-ring (bicyclic) bond motifs is 1. The molecule has 0 aliphatic carbocycles. The molecule has 2 N–H and O–H groups in total. The molecule has 0 spiro atoms. The summed E-state index contributed by atoms with van der Waals surface area (Å²) in [4.78, 5) is 33.0. The first-order valence-electron chi connectivity index (χ1n) is 14.7. The lowest BCUT2D eigenvalue weighted by atomic mass is 9.17. The summed E-state index contributed by atoms with van der Waals surface area (Å²) in [6.45, 7) is 1.73. The van der Waals surface area contributed by atoms with Gasteiger partial charge in [0.05, 0.1) is 47.5 Å². The van der Waals surface area contributed by atoms with Gasteiger partial charge in [0, 0.05) is 39.9 Å². The smallest absolute Gasteiger partial charge is 0.303 e. The summed E-state index contributed by atoms with van der Waals surface area (Å²) >= 11 is 9.68. The van der Waals surface area contributed by atoms with Crippen molar-refractivity contribution in [3.8, 4) is 0 Å². The van der Waals surface area contributed by atoms with Crippen LogP contribution in [0, 0.1) is 18.6 Å². The average Bonchev–Trinajstić information content (AvgIpc) is 2.98. The Morgan fingerprint density at radius 2 is 1.59 bits per heavy atom. The maximum atomic E-state index is 14.9. The van der Waals surface area contributed by atoms with Crippen LogP contribution in [0.25, 0.3) is 10.9 Å². The summed E-state index contributed by atoms with van der Waals surface area (Å²) < 4.78 is 30.1. The number of carboxylic acid groups (broad SMARTS) is 1. The van der Waals surface area contributed by atoms with Gasteiger partial charge >= 0.3 is 5.97 Å². The standard InChI is InChI=1S/C26H33B8BrClF2N3O3/c1-10-18(22(44)39-9-11(2-7-17(42)43)19-14(37)4-5-15(38)20(19)36)13-8-12(35)3-6-16(13)40-21(10)41-25(31,32)23(27,28)24(29,30)26(41,33)34/h3-6,8,11H,2,7,9,27-34H2,1H3,(H,39,44)(H,42,43). The van der Waals surface area contributed by atoms with E-state index >= 15 is 0 Å². The number of anilines is 1. The number of carbonyl (C=O) groups excluding carboxylic acids is 1. The molecule has 2 heterocycles. The zero-order chi connectivity index (χ0) is 33.2. The van der Waals surface area contributed by atoms with Crippen LogP contribution in [0.1, 0.15) is 40.2 Å². The molecule has 6 nitrogen and oxygen atoms in total. The van der Waals surface area contributed by atoms with Crippen molar-refractivity contribution in [2.45, 2.75) is 46.8 Å². The second-order valence-corrected chi connectivity index (χ2v) is 15.2. The van der Waals surface area contributed by atoms with Crippen LogP contribution in [0.15, 0.2) is 34.8 Å². The van der Waals surface area contributed by atoms with Crippen molar-refractivity contribution in [3.63, 3.8) is 0 Å². The van der Waals surface area contributed by atoms with Crippen LogP contribution in [0.3, 0.4) is 0 Å². The number of aliphatic carboxylic acids is 1. The van der Waals surface area contributed by atoms with E-state index in [2.05, 4.69) is 88.9 Å².